The molecule has 136 valence electrons. The van der Waals surface area contributed by atoms with E-state index in [-0.39, 0.29) is 30.2 Å². The predicted molar refractivity (Wildman–Crippen MR) is 93.5 cm³/mol. The molecule has 0 aromatic heterocycles. The summed E-state index contributed by atoms with van der Waals surface area (Å²) in [6.45, 7) is 6.80. The molecule has 0 bridgehead atoms. The Morgan fingerprint density at radius 3 is 2.60 bits per heavy atom. The summed E-state index contributed by atoms with van der Waals surface area (Å²) in [6.07, 6.45) is 3.25. The van der Waals surface area contributed by atoms with Crippen molar-refractivity contribution < 1.29 is 19.1 Å². The molecular formula is C19H26N2O4. The Bertz CT molecular complexity index is 669. The molecule has 1 aromatic rings. The molecular weight excluding hydrogens is 320 g/mol. The van der Waals surface area contributed by atoms with Crippen LogP contribution in [0.5, 0.6) is 11.5 Å². The standard InChI is InChI=1S/C19H26N2O4/c1-4-7-14(13-8-9-15-16(10-13)25-12-24-15)20-18(23)21-11-19(5-2,6-3)17(21)22/h8-10,14H,4-7,11-12H2,1-3H3,(H,20,23). The lowest BCUT2D eigenvalue weighted by Crippen LogP contribution is -2.65. The second-order valence-corrected chi connectivity index (χ2v) is 6.78. The maximum absolute atomic E-state index is 12.6. The molecule has 1 atom stereocenters. The van der Waals surface area contributed by atoms with E-state index in [9.17, 15) is 9.59 Å². The van der Waals surface area contributed by atoms with Gasteiger partial charge in [-0.05, 0) is 37.0 Å². The number of imide groups is 1. The smallest absolute Gasteiger partial charge is 0.324 e. The fourth-order valence-electron chi connectivity index (χ4n) is 3.54. The summed E-state index contributed by atoms with van der Waals surface area (Å²) in [4.78, 5) is 26.4. The molecule has 0 radical (unpaired) electrons. The van der Waals surface area contributed by atoms with Gasteiger partial charge >= 0.3 is 6.03 Å². The van der Waals surface area contributed by atoms with Crippen LogP contribution in [0.2, 0.25) is 0 Å². The van der Waals surface area contributed by atoms with Gasteiger partial charge in [-0.1, -0.05) is 33.3 Å². The van der Waals surface area contributed by atoms with Gasteiger partial charge in [-0.3, -0.25) is 9.69 Å². The van der Waals surface area contributed by atoms with Crippen LogP contribution in [0, 0.1) is 5.41 Å². The van der Waals surface area contributed by atoms with E-state index in [4.69, 9.17) is 9.47 Å². The molecule has 0 spiro atoms. The molecule has 1 fully saturated rings. The third-order valence-electron chi connectivity index (χ3n) is 5.43. The van der Waals surface area contributed by atoms with E-state index in [1.165, 1.54) is 4.90 Å². The van der Waals surface area contributed by atoms with Gasteiger partial charge in [0.25, 0.3) is 0 Å². The molecule has 1 unspecified atom stereocenters. The van der Waals surface area contributed by atoms with Crippen molar-refractivity contribution in [1.82, 2.24) is 10.2 Å². The van der Waals surface area contributed by atoms with Crippen molar-refractivity contribution in [2.75, 3.05) is 13.3 Å². The molecule has 1 saturated heterocycles. The maximum Gasteiger partial charge on any atom is 0.324 e. The maximum atomic E-state index is 12.6. The van der Waals surface area contributed by atoms with Crippen LogP contribution in [0.4, 0.5) is 4.79 Å². The SMILES string of the molecule is CCCC(NC(=O)N1CC(CC)(CC)C1=O)c1ccc2c(c1)OCO2. The molecule has 1 N–H and O–H groups in total. The Kier molecular flexibility index (Phi) is 4.88. The van der Waals surface area contributed by atoms with Gasteiger partial charge < -0.3 is 14.8 Å². The van der Waals surface area contributed by atoms with Gasteiger partial charge in [0.05, 0.1) is 11.5 Å². The number of urea groups is 1. The second-order valence-electron chi connectivity index (χ2n) is 6.78. The van der Waals surface area contributed by atoms with E-state index in [0.29, 0.717) is 12.3 Å². The molecule has 3 rings (SSSR count). The van der Waals surface area contributed by atoms with Gasteiger partial charge in [0.15, 0.2) is 11.5 Å². The Morgan fingerprint density at radius 2 is 1.96 bits per heavy atom. The van der Waals surface area contributed by atoms with Crippen molar-refractivity contribution in [3.8, 4) is 11.5 Å². The molecule has 1 aromatic carbocycles. The Balaban J connectivity index is 1.70. The van der Waals surface area contributed by atoms with E-state index in [1.54, 1.807) is 0 Å². The number of rotatable bonds is 6. The van der Waals surface area contributed by atoms with Gasteiger partial charge in [0.2, 0.25) is 12.7 Å². The first kappa shape index (κ1) is 17.6. The van der Waals surface area contributed by atoms with Crippen LogP contribution in [0.25, 0.3) is 0 Å². The largest absolute Gasteiger partial charge is 0.454 e. The molecule has 2 aliphatic heterocycles. The molecule has 6 heteroatoms. The molecule has 2 heterocycles. The van der Waals surface area contributed by atoms with Crippen LogP contribution in [-0.4, -0.2) is 30.2 Å². The quantitative estimate of drug-likeness (QED) is 0.799. The molecule has 6 nitrogen and oxygen atoms in total. The average Bonchev–Trinajstić information content (AvgIpc) is 3.09. The highest BCUT2D eigenvalue weighted by atomic mass is 16.7. The minimum Gasteiger partial charge on any atom is -0.454 e. The number of fused-ring (bicyclic) bond motifs is 1. The van der Waals surface area contributed by atoms with Crippen molar-refractivity contribution in [2.24, 2.45) is 5.41 Å². The zero-order valence-corrected chi connectivity index (χ0v) is 15.1. The minimum atomic E-state index is -0.351. The van der Waals surface area contributed by atoms with Crippen molar-refractivity contribution in [1.29, 1.82) is 0 Å². The van der Waals surface area contributed by atoms with Gasteiger partial charge in [0, 0.05) is 6.54 Å². The summed E-state index contributed by atoms with van der Waals surface area (Å²) in [5, 5.41) is 3.01. The lowest BCUT2D eigenvalue weighted by atomic mass is 9.74. The summed E-state index contributed by atoms with van der Waals surface area (Å²) < 4.78 is 10.8. The van der Waals surface area contributed by atoms with Crippen molar-refractivity contribution in [3.63, 3.8) is 0 Å². The molecule has 0 aliphatic carbocycles. The number of nitrogens with one attached hydrogen (secondary N) is 1. The van der Waals surface area contributed by atoms with E-state index >= 15 is 0 Å². The van der Waals surface area contributed by atoms with E-state index in [2.05, 4.69) is 12.2 Å². The summed E-state index contributed by atoms with van der Waals surface area (Å²) in [5.41, 5.74) is 0.612. The number of ether oxygens (including phenoxy) is 2. The van der Waals surface area contributed by atoms with E-state index in [0.717, 1.165) is 37.0 Å². The van der Waals surface area contributed by atoms with E-state index < -0.39 is 0 Å². The Morgan fingerprint density at radius 1 is 1.24 bits per heavy atom. The molecule has 3 amide bonds. The van der Waals surface area contributed by atoms with Crippen LogP contribution in [-0.2, 0) is 4.79 Å². The summed E-state index contributed by atoms with van der Waals surface area (Å²) in [5.74, 6) is 1.36. The van der Waals surface area contributed by atoms with Crippen LogP contribution in [0.3, 0.4) is 0 Å². The fourth-order valence-corrected chi connectivity index (χ4v) is 3.54. The lowest BCUT2D eigenvalue weighted by molar-refractivity contribution is -0.155. The summed E-state index contributed by atoms with van der Waals surface area (Å²) in [6, 6.07) is 5.25. The normalized spacial score (nSPS) is 18.7. The number of β-lactam (4-membered cyclic amide) rings is 1. The zero-order chi connectivity index (χ0) is 18.0. The number of benzene rings is 1. The number of nitrogens with zero attached hydrogens (tertiary/aromatic N) is 1. The van der Waals surface area contributed by atoms with Crippen molar-refractivity contribution in [3.05, 3.63) is 23.8 Å². The zero-order valence-electron chi connectivity index (χ0n) is 15.1. The van der Waals surface area contributed by atoms with Crippen LogP contribution in [0.15, 0.2) is 18.2 Å². The number of carbonyl (C=O) groups excluding carboxylic acids is 2. The first-order valence-corrected chi connectivity index (χ1v) is 9.06. The van der Waals surface area contributed by atoms with Crippen LogP contribution < -0.4 is 14.8 Å². The highest BCUT2D eigenvalue weighted by Gasteiger charge is 2.52. The third-order valence-corrected chi connectivity index (χ3v) is 5.43. The Labute approximate surface area is 148 Å². The predicted octanol–water partition coefficient (Wildman–Crippen LogP) is 3.61. The average molecular weight is 346 g/mol. The monoisotopic (exact) mass is 346 g/mol. The van der Waals surface area contributed by atoms with Gasteiger partial charge in [-0.15, -0.1) is 0 Å². The van der Waals surface area contributed by atoms with Gasteiger partial charge in [0.1, 0.15) is 0 Å². The summed E-state index contributed by atoms with van der Waals surface area (Å²) in [7, 11) is 0. The first-order valence-electron chi connectivity index (χ1n) is 9.06. The first-order chi connectivity index (χ1) is 12.0. The number of hydrogen-bond acceptors (Lipinski definition) is 4. The molecule has 25 heavy (non-hydrogen) atoms. The van der Waals surface area contributed by atoms with E-state index in [1.807, 2.05) is 32.0 Å². The fraction of sp³-hybridized carbons (Fsp3) is 0.579. The highest BCUT2D eigenvalue weighted by Crippen LogP contribution is 2.39. The highest BCUT2D eigenvalue weighted by molar-refractivity contribution is 6.02. The number of amides is 3. The van der Waals surface area contributed by atoms with Crippen molar-refractivity contribution >= 4 is 11.9 Å². The van der Waals surface area contributed by atoms with Crippen LogP contribution >= 0.6 is 0 Å². The second kappa shape index (κ2) is 6.94. The number of likely N-dealkylation sites (tertiary alicyclic amines) is 1. The van der Waals surface area contributed by atoms with Gasteiger partial charge in [-0.2, -0.15) is 0 Å². The van der Waals surface area contributed by atoms with Crippen molar-refractivity contribution in [2.45, 2.75) is 52.5 Å². The number of carbonyl (C=O) groups is 2. The molecule has 2 aliphatic rings. The number of hydrogen-bond donors (Lipinski definition) is 1. The van der Waals surface area contributed by atoms with Gasteiger partial charge in [-0.25, -0.2) is 4.79 Å². The lowest BCUT2D eigenvalue weighted by Gasteiger charge is -2.47. The minimum absolute atomic E-state index is 0.0593. The summed E-state index contributed by atoms with van der Waals surface area (Å²) >= 11 is 0. The van der Waals surface area contributed by atoms with Crippen LogP contribution in [0.1, 0.15) is 58.1 Å². The Hall–Kier alpha value is -2.24. The molecule has 0 saturated carbocycles. The topological polar surface area (TPSA) is 67.9 Å². The third kappa shape index (κ3) is 3.05.